The summed E-state index contributed by atoms with van der Waals surface area (Å²) in [4.78, 5) is 18.3. The van der Waals surface area contributed by atoms with Gasteiger partial charge in [0.2, 0.25) is 0 Å². The summed E-state index contributed by atoms with van der Waals surface area (Å²) in [5.74, 6) is -0.125. The Morgan fingerprint density at radius 3 is 2.71 bits per heavy atom. The fourth-order valence-electron chi connectivity index (χ4n) is 2.16. The molecule has 3 aliphatic heterocycles. The molecule has 2 unspecified atom stereocenters. The lowest BCUT2D eigenvalue weighted by Crippen LogP contribution is -2.58. The maximum absolute atomic E-state index is 12.1. The summed E-state index contributed by atoms with van der Waals surface area (Å²) in [6.45, 7) is 6.63. The second kappa shape index (κ2) is 4.56. The number of piperazine rings is 1. The van der Waals surface area contributed by atoms with Crippen molar-refractivity contribution in [1.29, 1.82) is 0 Å². The Morgan fingerprint density at radius 2 is 2.24 bits per heavy atom. The van der Waals surface area contributed by atoms with Crippen LogP contribution in [0.5, 0.6) is 0 Å². The van der Waals surface area contributed by atoms with Crippen LogP contribution in [-0.4, -0.2) is 66.7 Å². The molecule has 1 saturated heterocycles. The zero-order valence-electron chi connectivity index (χ0n) is 11.0. The number of allylic oxidation sites excluding steroid dienone is 1. The molecule has 0 aromatic rings. The maximum Gasteiger partial charge on any atom is 0.332 e. The molecule has 0 amide bonds. The van der Waals surface area contributed by atoms with Crippen molar-refractivity contribution < 1.29 is 9.53 Å². The largest absolute Gasteiger partial charge is 0.445 e. The lowest BCUT2D eigenvalue weighted by atomic mass is 10.1. The van der Waals surface area contributed by atoms with Crippen LogP contribution < -0.4 is 0 Å². The first-order chi connectivity index (χ1) is 7.99. The first-order valence-corrected chi connectivity index (χ1v) is 6.05. The number of nitrogens with zero attached hydrogens (tertiary/aromatic N) is 3. The summed E-state index contributed by atoms with van der Waals surface area (Å²) < 4.78 is 5.43. The maximum atomic E-state index is 12.1. The van der Waals surface area contributed by atoms with Gasteiger partial charge in [0.25, 0.3) is 0 Å². The molecule has 96 valence electrons. The van der Waals surface area contributed by atoms with Gasteiger partial charge in [0.05, 0.1) is 0 Å². The van der Waals surface area contributed by atoms with Gasteiger partial charge in [-0.15, -0.1) is 0 Å². The van der Waals surface area contributed by atoms with E-state index in [0.29, 0.717) is 0 Å². The Kier molecular flexibility index (Phi) is 3.28. The van der Waals surface area contributed by atoms with Crippen molar-refractivity contribution >= 4 is 5.97 Å². The monoisotopic (exact) mass is 239 g/mol. The van der Waals surface area contributed by atoms with Crippen LogP contribution in [0.15, 0.2) is 11.9 Å². The predicted octanol–water partition coefficient (Wildman–Crippen LogP) is 0.298. The van der Waals surface area contributed by atoms with Crippen molar-refractivity contribution in [2.45, 2.75) is 26.1 Å². The lowest BCUT2D eigenvalue weighted by molar-refractivity contribution is -0.163. The summed E-state index contributed by atoms with van der Waals surface area (Å²) in [7, 11) is 3.80. The van der Waals surface area contributed by atoms with E-state index in [1.54, 1.807) is 0 Å². The number of esters is 1. The minimum Gasteiger partial charge on any atom is -0.445 e. The molecule has 2 atom stereocenters. The molecule has 0 radical (unpaired) electrons. The highest BCUT2D eigenvalue weighted by Crippen LogP contribution is 2.23. The van der Waals surface area contributed by atoms with Gasteiger partial charge in [0.15, 0.2) is 6.23 Å². The minimum atomic E-state index is -0.177. The van der Waals surface area contributed by atoms with Crippen LogP contribution in [0.25, 0.3) is 0 Å². The van der Waals surface area contributed by atoms with Gasteiger partial charge in [-0.3, -0.25) is 4.90 Å². The van der Waals surface area contributed by atoms with Gasteiger partial charge >= 0.3 is 5.97 Å². The fourth-order valence-corrected chi connectivity index (χ4v) is 2.16. The van der Waals surface area contributed by atoms with E-state index in [-0.39, 0.29) is 18.2 Å². The van der Waals surface area contributed by atoms with Crippen LogP contribution >= 0.6 is 0 Å². The van der Waals surface area contributed by atoms with Gasteiger partial charge in [-0.05, 0) is 27.9 Å². The van der Waals surface area contributed by atoms with E-state index in [0.717, 1.165) is 19.6 Å². The van der Waals surface area contributed by atoms with E-state index in [2.05, 4.69) is 22.9 Å². The third-order valence-corrected chi connectivity index (χ3v) is 3.56. The summed E-state index contributed by atoms with van der Waals surface area (Å²) in [6.07, 6.45) is 1.88. The van der Waals surface area contributed by atoms with Crippen LogP contribution in [-0.2, 0) is 9.53 Å². The summed E-state index contributed by atoms with van der Waals surface area (Å²) in [6, 6.07) is -0.144. The summed E-state index contributed by atoms with van der Waals surface area (Å²) >= 11 is 0. The molecule has 0 aromatic carbocycles. The van der Waals surface area contributed by atoms with Crippen molar-refractivity contribution in [3.05, 3.63) is 11.9 Å². The van der Waals surface area contributed by atoms with Crippen LogP contribution in [0.1, 0.15) is 13.8 Å². The summed E-state index contributed by atoms with van der Waals surface area (Å²) in [5.41, 5.74) is 1.24. The SMILES string of the molecule is CC1=CN2CCN1CC2C(=O)OC(C)N(C)C. The molecule has 0 saturated carbocycles. The number of carbonyl (C=O) groups is 1. The number of ether oxygens (including phenoxy) is 1. The van der Waals surface area contributed by atoms with Crippen molar-refractivity contribution in [3.63, 3.8) is 0 Å². The van der Waals surface area contributed by atoms with Gasteiger partial charge in [0, 0.05) is 31.5 Å². The third-order valence-electron chi connectivity index (χ3n) is 3.56. The van der Waals surface area contributed by atoms with Gasteiger partial charge in [0.1, 0.15) is 6.04 Å². The lowest BCUT2D eigenvalue weighted by Gasteiger charge is -2.46. The van der Waals surface area contributed by atoms with E-state index < -0.39 is 0 Å². The number of hydrogen-bond donors (Lipinski definition) is 0. The fraction of sp³-hybridized carbons (Fsp3) is 0.750. The summed E-state index contributed by atoms with van der Waals surface area (Å²) in [5, 5.41) is 0. The average Bonchev–Trinajstić information content (AvgIpc) is 2.29. The Bertz CT molecular complexity index is 341. The predicted molar refractivity (Wildman–Crippen MR) is 65.1 cm³/mol. The van der Waals surface area contributed by atoms with Gasteiger partial charge in [-0.1, -0.05) is 0 Å². The van der Waals surface area contributed by atoms with Gasteiger partial charge in [-0.25, -0.2) is 4.79 Å². The molecule has 2 bridgehead atoms. The van der Waals surface area contributed by atoms with Crippen molar-refractivity contribution in [2.24, 2.45) is 0 Å². The van der Waals surface area contributed by atoms with Crippen molar-refractivity contribution in [3.8, 4) is 0 Å². The van der Waals surface area contributed by atoms with Crippen molar-refractivity contribution in [2.75, 3.05) is 33.7 Å². The zero-order chi connectivity index (χ0) is 12.6. The van der Waals surface area contributed by atoms with Crippen LogP contribution in [0.3, 0.4) is 0 Å². The molecular weight excluding hydrogens is 218 g/mol. The second-order valence-electron chi connectivity index (χ2n) is 4.97. The molecule has 1 fully saturated rings. The van der Waals surface area contributed by atoms with Crippen LogP contribution in [0.4, 0.5) is 0 Å². The highest BCUT2D eigenvalue weighted by atomic mass is 16.6. The zero-order valence-corrected chi connectivity index (χ0v) is 11.0. The quantitative estimate of drug-likeness (QED) is 0.523. The van der Waals surface area contributed by atoms with Gasteiger partial charge < -0.3 is 14.5 Å². The first-order valence-electron chi connectivity index (χ1n) is 6.05. The number of fused-ring (bicyclic) bond motifs is 2. The van der Waals surface area contributed by atoms with E-state index in [4.69, 9.17) is 4.74 Å². The Labute approximate surface area is 103 Å². The number of hydrogen-bond acceptors (Lipinski definition) is 5. The minimum absolute atomic E-state index is 0.125. The molecular formula is C12H21N3O2. The molecule has 0 aromatic heterocycles. The Balaban J connectivity index is 1.98. The van der Waals surface area contributed by atoms with E-state index >= 15 is 0 Å². The molecule has 5 heteroatoms. The molecule has 0 aliphatic carbocycles. The average molecular weight is 239 g/mol. The van der Waals surface area contributed by atoms with Crippen LogP contribution in [0, 0.1) is 0 Å². The van der Waals surface area contributed by atoms with E-state index in [1.165, 1.54) is 5.70 Å². The molecule has 3 heterocycles. The molecule has 0 spiro atoms. The molecule has 17 heavy (non-hydrogen) atoms. The Hall–Kier alpha value is -1.23. The standard InChI is InChI=1S/C12H21N3O2/c1-9-7-15-6-5-14(9)8-11(15)12(16)17-10(2)13(3)4/h7,10-11H,5-6,8H2,1-4H3. The molecule has 3 rings (SSSR count). The smallest absolute Gasteiger partial charge is 0.332 e. The second-order valence-corrected chi connectivity index (χ2v) is 4.97. The highest BCUT2D eigenvalue weighted by Gasteiger charge is 2.36. The van der Waals surface area contributed by atoms with Crippen molar-refractivity contribution in [1.82, 2.24) is 14.7 Å². The Morgan fingerprint density at radius 1 is 1.53 bits per heavy atom. The normalized spacial score (nSPS) is 25.0. The molecule has 3 aliphatic rings. The number of rotatable bonds is 3. The molecule has 5 nitrogen and oxygen atoms in total. The topological polar surface area (TPSA) is 36.0 Å². The van der Waals surface area contributed by atoms with Crippen LogP contribution in [0.2, 0.25) is 0 Å². The highest BCUT2D eigenvalue weighted by molar-refractivity contribution is 5.77. The molecule has 0 N–H and O–H groups in total. The van der Waals surface area contributed by atoms with Gasteiger partial charge in [-0.2, -0.15) is 0 Å². The third kappa shape index (κ3) is 2.39. The number of carbonyl (C=O) groups excluding carboxylic acids is 1. The van der Waals surface area contributed by atoms with E-state index in [1.807, 2.05) is 25.9 Å². The first kappa shape index (κ1) is 12.2. The van der Waals surface area contributed by atoms with E-state index in [9.17, 15) is 4.79 Å².